The lowest BCUT2D eigenvalue weighted by Crippen LogP contribution is -2.42. The van der Waals surface area contributed by atoms with Crippen molar-refractivity contribution in [2.24, 2.45) is 0 Å². The van der Waals surface area contributed by atoms with Gasteiger partial charge in [-0.05, 0) is 44.3 Å². The fraction of sp³-hybridized carbons (Fsp3) is 0.647. The Labute approximate surface area is 152 Å². The number of hydrogen-bond acceptors (Lipinski definition) is 3. The topological polar surface area (TPSA) is 32.7 Å². The highest BCUT2D eigenvalue weighted by atomic mass is 16.5. The molecule has 1 aromatic rings. The molecule has 1 fully saturated rings. The van der Waals surface area contributed by atoms with Crippen molar-refractivity contribution in [3.8, 4) is 5.75 Å². The van der Waals surface area contributed by atoms with Crippen LogP contribution in [0.25, 0.3) is 0 Å². The Morgan fingerprint density at radius 1 is 1.40 bits per heavy atom. The molecule has 3 heteroatoms. The Balaban J connectivity index is 3.36. The van der Waals surface area contributed by atoms with Gasteiger partial charge in [-0.1, -0.05) is 31.2 Å². The monoisotopic (exact) mass is 298 g/mol. The Bertz CT molecular complexity index is 1130. The molecule has 0 amide bonds. The number of ether oxygens (including phenoxy) is 1. The van der Waals surface area contributed by atoms with Gasteiger partial charge >= 0.3 is 0 Å². The number of aliphatic hydroxyl groups is 1. The molecule has 1 N–H and O–H groups in total. The molecule has 0 saturated heterocycles. The molecule has 2 rings (SSSR count). The summed E-state index contributed by atoms with van der Waals surface area (Å²) < 4.78 is 176. The molecule has 1 aliphatic carbocycles. The van der Waals surface area contributed by atoms with Gasteiger partial charge in [0.05, 0.1) is 18.2 Å². The Hall–Kier alpha value is -1.06. The summed E-state index contributed by atoms with van der Waals surface area (Å²) in [6.07, 6.45) is -21.5. The minimum Gasteiger partial charge on any atom is -0.497 e. The maximum absolute atomic E-state index is 12.0. The predicted octanol–water partition coefficient (Wildman–Crippen LogP) is 3.04. The molecule has 1 aliphatic rings. The quantitative estimate of drug-likeness (QED) is 0.907. The molecule has 3 nitrogen and oxygen atoms in total. The standard InChI is InChI=1S/C17H27NO2/c1-18(2)13-16(17(19)11-5-4-6-12-17)14-7-9-15(20-3)10-8-14/h7-10,16,19H,4-6,11-13H2,1-3H3/i1D3,2D3,4D2,5D2,6D2,7D,8D,9D,10D,11D2,12D2,16D. The Morgan fingerprint density at radius 3 is 2.60 bits per heavy atom. The van der Waals surface area contributed by atoms with Gasteiger partial charge in [0.25, 0.3) is 0 Å². The fourth-order valence-electron chi connectivity index (χ4n) is 1.54. The van der Waals surface area contributed by atoms with Crippen molar-refractivity contribution in [1.29, 1.82) is 0 Å². The third kappa shape index (κ3) is 3.53. The van der Waals surface area contributed by atoms with E-state index in [0.29, 0.717) is 0 Å². The highest BCUT2D eigenvalue weighted by Gasteiger charge is 2.38. The van der Waals surface area contributed by atoms with Crippen LogP contribution in [0, 0.1) is 0 Å². The molecule has 0 heterocycles. The molecule has 1 saturated carbocycles. The second-order valence-electron chi connectivity index (χ2n) is 3.81. The van der Waals surface area contributed by atoms with Crippen LogP contribution < -0.4 is 4.74 Å². The summed E-state index contributed by atoms with van der Waals surface area (Å²) in [6, 6.07) is -5.03. The first kappa shape index (κ1) is 3.64. The average molecular weight is 299 g/mol. The molecule has 1 atom stereocenters. The smallest absolute Gasteiger partial charge is 0.118 e. The Kier molecular flexibility index (Phi) is 1.20. The molecular formula is C17H27NO2. The summed E-state index contributed by atoms with van der Waals surface area (Å²) in [4.78, 5) is -0.512. The Morgan fingerprint density at radius 2 is 2.05 bits per heavy atom. The van der Waals surface area contributed by atoms with E-state index in [2.05, 4.69) is 0 Å². The van der Waals surface area contributed by atoms with Gasteiger partial charge in [-0.2, -0.15) is 0 Å². The van der Waals surface area contributed by atoms with E-state index in [-0.39, 0.29) is 0 Å². The highest BCUT2D eigenvalue weighted by molar-refractivity contribution is 5.31. The van der Waals surface area contributed by atoms with Crippen molar-refractivity contribution in [3.05, 3.63) is 29.7 Å². The van der Waals surface area contributed by atoms with E-state index in [4.69, 9.17) is 32.2 Å². The van der Waals surface area contributed by atoms with Gasteiger partial charge in [0.2, 0.25) is 0 Å². The second-order valence-corrected chi connectivity index (χ2v) is 3.81. The van der Waals surface area contributed by atoms with Crippen LogP contribution in [0.15, 0.2) is 24.2 Å². The van der Waals surface area contributed by atoms with Crippen LogP contribution in [-0.2, 0) is 0 Å². The molecule has 0 radical (unpaired) electrons. The zero-order valence-electron chi connectivity index (χ0n) is 31.5. The van der Waals surface area contributed by atoms with E-state index in [1.165, 1.54) is 0 Å². The molecule has 20 heavy (non-hydrogen) atoms. The van der Waals surface area contributed by atoms with Crippen LogP contribution in [0.3, 0.4) is 0 Å². The molecule has 1 unspecified atom stereocenters. The van der Waals surface area contributed by atoms with Gasteiger partial charge in [-0.15, -0.1) is 0 Å². The van der Waals surface area contributed by atoms with Gasteiger partial charge in [-0.3, -0.25) is 0 Å². The maximum atomic E-state index is 12.0. The lowest BCUT2D eigenvalue weighted by Gasteiger charge is -2.40. The van der Waals surface area contributed by atoms with Crippen molar-refractivity contribution in [2.45, 2.75) is 43.4 Å². The molecular weight excluding hydrogens is 250 g/mol. The molecule has 0 bridgehead atoms. The first-order chi connectivity index (χ1) is 17.8. The summed E-state index contributed by atoms with van der Waals surface area (Å²) in [6.45, 7) is -9.61. The number of nitrogens with zero attached hydrogens (tertiary/aromatic N) is 1. The van der Waals surface area contributed by atoms with Gasteiger partial charge in [-0.25, -0.2) is 0 Å². The van der Waals surface area contributed by atoms with Gasteiger partial charge in [0.1, 0.15) is 5.75 Å². The number of rotatable bonds is 5. The fourth-order valence-corrected chi connectivity index (χ4v) is 1.54. The van der Waals surface area contributed by atoms with E-state index in [1.807, 2.05) is 0 Å². The van der Waals surface area contributed by atoms with E-state index >= 15 is 0 Å². The zero-order chi connectivity index (χ0) is 33.0. The van der Waals surface area contributed by atoms with Gasteiger partial charge < -0.3 is 14.7 Å². The molecule has 1 aromatic carbocycles. The van der Waals surface area contributed by atoms with Crippen molar-refractivity contribution in [2.75, 3.05) is 27.6 Å². The number of methoxy groups -OCH3 is 1. The van der Waals surface area contributed by atoms with Crippen LogP contribution in [-0.4, -0.2) is 43.2 Å². The summed E-state index contributed by atoms with van der Waals surface area (Å²) in [7, 11) is 0.917. The van der Waals surface area contributed by atoms with Crippen LogP contribution in [0.2, 0.25) is 0 Å². The summed E-state index contributed by atoms with van der Waals surface area (Å²) in [5, 5.41) is 12.0. The summed E-state index contributed by atoms with van der Waals surface area (Å²) >= 11 is 0. The van der Waals surface area contributed by atoms with Gasteiger partial charge in [0.15, 0.2) is 0 Å². The lowest BCUT2D eigenvalue weighted by molar-refractivity contribution is -0.0277. The predicted molar refractivity (Wildman–Crippen MR) is 82.3 cm³/mol. The maximum Gasteiger partial charge on any atom is 0.118 e. The van der Waals surface area contributed by atoms with Crippen molar-refractivity contribution in [3.63, 3.8) is 0 Å². The number of likely N-dealkylation sites (N-methyl/N-ethyl adjacent to an activating group) is 1. The first-order valence-electron chi connectivity index (χ1n) is 16.0. The van der Waals surface area contributed by atoms with Crippen LogP contribution in [0.5, 0.6) is 5.75 Å². The molecule has 0 aromatic heterocycles. The van der Waals surface area contributed by atoms with E-state index < -0.39 is 104 Å². The zero-order valence-corrected chi connectivity index (χ0v) is 10.5. The minimum absolute atomic E-state index is 0.512. The van der Waals surface area contributed by atoms with Crippen LogP contribution >= 0.6 is 0 Å². The first-order valence-corrected chi connectivity index (χ1v) is 5.45. The lowest BCUT2D eigenvalue weighted by atomic mass is 9.72. The van der Waals surface area contributed by atoms with E-state index in [9.17, 15) is 6.48 Å². The van der Waals surface area contributed by atoms with Crippen molar-refractivity contribution in [1.82, 2.24) is 4.90 Å². The number of hydrogen-bond donors (Lipinski definition) is 1. The van der Waals surface area contributed by atoms with Crippen LogP contribution in [0.4, 0.5) is 0 Å². The van der Waals surface area contributed by atoms with Crippen molar-refractivity contribution >= 4 is 0 Å². The highest BCUT2D eigenvalue weighted by Crippen LogP contribution is 2.40. The van der Waals surface area contributed by atoms with Crippen LogP contribution in [0.1, 0.15) is 72.1 Å². The minimum atomic E-state index is -4.67. The number of benzene rings is 1. The second kappa shape index (κ2) is 6.59. The van der Waals surface area contributed by atoms with Crippen molar-refractivity contribution < 1.29 is 38.6 Å². The van der Waals surface area contributed by atoms with E-state index in [1.54, 1.807) is 0 Å². The van der Waals surface area contributed by atoms with E-state index in [0.717, 1.165) is 7.11 Å². The molecule has 0 aliphatic heterocycles. The summed E-state index contributed by atoms with van der Waals surface area (Å²) in [5.41, 5.74) is -6.20. The SMILES string of the molecule is [2H]c1c([2H])c(C([2H])(CN(C([2H])([2H])[2H])C([2H])([2H])[2H])C2(O)C([2H])([2H])C([2H])([2H])C([2H])([2H])C([2H])([2H])C2([2H])[2H])c([2H])c([2H])c1OC. The summed E-state index contributed by atoms with van der Waals surface area (Å²) in [5.74, 6) is -4.90. The third-order valence-corrected chi connectivity index (χ3v) is 2.47. The third-order valence-electron chi connectivity index (χ3n) is 2.47. The largest absolute Gasteiger partial charge is 0.497 e. The average Bonchev–Trinajstić information content (AvgIpc) is 2.78. The molecule has 112 valence electrons. The molecule has 0 spiro atoms. The van der Waals surface area contributed by atoms with Gasteiger partial charge in [0, 0.05) is 35.7 Å². The normalized spacial score (nSPS) is 50.6.